The van der Waals surface area contributed by atoms with Crippen LogP contribution in [0.3, 0.4) is 0 Å². The summed E-state index contributed by atoms with van der Waals surface area (Å²) in [6, 6.07) is 8.22. The first kappa shape index (κ1) is 28.6. The number of nitrogens with one attached hydrogen (secondary N) is 3. The summed E-state index contributed by atoms with van der Waals surface area (Å²) in [5.74, 6) is -1.81. The second-order valence-corrected chi connectivity index (χ2v) is 7.65. The summed E-state index contributed by atoms with van der Waals surface area (Å²) in [4.78, 5) is 57.7. The zero-order valence-electron chi connectivity index (χ0n) is 19.9. The SMILES string of the molecule is CNC(=O)CCC(=O)OCCOC(=O)CCC(=O)NCCNC(=O)CCCc1ccc(C)cc1. The predicted octanol–water partition coefficient (Wildman–Crippen LogP) is 0.943. The van der Waals surface area contributed by atoms with Crippen molar-refractivity contribution in [2.75, 3.05) is 33.4 Å². The van der Waals surface area contributed by atoms with Gasteiger partial charge >= 0.3 is 11.9 Å². The van der Waals surface area contributed by atoms with E-state index in [1.54, 1.807) is 0 Å². The van der Waals surface area contributed by atoms with Crippen LogP contribution in [0.4, 0.5) is 0 Å². The van der Waals surface area contributed by atoms with Crippen LogP contribution in [0, 0.1) is 6.92 Å². The van der Waals surface area contributed by atoms with Gasteiger partial charge in [0.2, 0.25) is 17.7 Å². The fraction of sp³-hybridized carbons (Fsp3) is 0.542. The highest BCUT2D eigenvalue weighted by Crippen LogP contribution is 2.07. The Balaban J connectivity index is 1.99. The van der Waals surface area contributed by atoms with Gasteiger partial charge in [0.25, 0.3) is 0 Å². The third-order valence-corrected chi connectivity index (χ3v) is 4.76. The maximum Gasteiger partial charge on any atom is 0.306 e. The van der Waals surface area contributed by atoms with Gasteiger partial charge in [-0.15, -0.1) is 0 Å². The average molecular weight is 478 g/mol. The van der Waals surface area contributed by atoms with E-state index < -0.39 is 11.9 Å². The van der Waals surface area contributed by atoms with Crippen molar-refractivity contribution in [3.8, 4) is 0 Å². The molecule has 34 heavy (non-hydrogen) atoms. The second kappa shape index (κ2) is 17.1. The van der Waals surface area contributed by atoms with Crippen molar-refractivity contribution in [3.05, 3.63) is 35.4 Å². The number of hydrogen-bond donors (Lipinski definition) is 3. The molecule has 0 aliphatic carbocycles. The second-order valence-electron chi connectivity index (χ2n) is 7.65. The summed E-state index contributed by atoms with van der Waals surface area (Å²) in [5, 5.41) is 7.77. The van der Waals surface area contributed by atoms with Gasteiger partial charge in [0.15, 0.2) is 0 Å². The van der Waals surface area contributed by atoms with Crippen LogP contribution < -0.4 is 16.0 Å². The number of carbonyl (C=O) groups is 5. The summed E-state index contributed by atoms with van der Waals surface area (Å²) in [6.07, 6.45) is 1.82. The molecular formula is C24H35N3O7. The van der Waals surface area contributed by atoms with E-state index in [-0.39, 0.29) is 63.2 Å². The molecule has 0 unspecified atom stereocenters. The molecule has 0 atom stereocenters. The third-order valence-electron chi connectivity index (χ3n) is 4.76. The van der Waals surface area contributed by atoms with E-state index in [0.29, 0.717) is 13.0 Å². The third kappa shape index (κ3) is 14.6. The highest BCUT2D eigenvalue weighted by molar-refractivity contribution is 5.82. The Morgan fingerprint density at radius 2 is 1.21 bits per heavy atom. The van der Waals surface area contributed by atoms with Gasteiger partial charge in [-0.25, -0.2) is 0 Å². The zero-order chi connectivity index (χ0) is 25.2. The Bertz CT molecular complexity index is 809. The molecule has 3 N–H and O–H groups in total. The van der Waals surface area contributed by atoms with Crippen LogP contribution in [-0.2, 0) is 39.9 Å². The smallest absolute Gasteiger partial charge is 0.306 e. The number of hydrogen-bond acceptors (Lipinski definition) is 7. The minimum Gasteiger partial charge on any atom is -0.462 e. The first-order valence-electron chi connectivity index (χ1n) is 11.4. The molecule has 10 heteroatoms. The number of rotatable bonds is 16. The van der Waals surface area contributed by atoms with Crippen molar-refractivity contribution in [2.24, 2.45) is 0 Å². The lowest BCUT2D eigenvalue weighted by molar-refractivity contribution is -0.153. The average Bonchev–Trinajstić information content (AvgIpc) is 2.82. The van der Waals surface area contributed by atoms with E-state index in [9.17, 15) is 24.0 Å². The number of ether oxygens (including phenoxy) is 2. The van der Waals surface area contributed by atoms with E-state index in [1.807, 2.05) is 19.1 Å². The molecule has 0 saturated heterocycles. The molecule has 0 radical (unpaired) electrons. The minimum absolute atomic E-state index is 0.0297. The number of esters is 2. The van der Waals surface area contributed by atoms with E-state index in [4.69, 9.17) is 9.47 Å². The van der Waals surface area contributed by atoms with Gasteiger partial charge in [0.1, 0.15) is 13.2 Å². The maximum atomic E-state index is 11.9. The van der Waals surface area contributed by atoms with Crippen molar-refractivity contribution >= 4 is 29.7 Å². The van der Waals surface area contributed by atoms with Gasteiger partial charge in [-0.05, 0) is 25.3 Å². The number of carbonyl (C=O) groups excluding carboxylic acids is 5. The first-order chi connectivity index (χ1) is 16.3. The molecule has 1 aromatic carbocycles. The molecule has 0 aliphatic heterocycles. The predicted molar refractivity (Wildman–Crippen MR) is 125 cm³/mol. The van der Waals surface area contributed by atoms with Crippen molar-refractivity contribution < 1.29 is 33.4 Å². The fourth-order valence-corrected chi connectivity index (χ4v) is 2.80. The molecule has 3 amide bonds. The monoisotopic (exact) mass is 477 g/mol. The zero-order valence-corrected chi connectivity index (χ0v) is 19.9. The van der Waals surface area contributed by atoms with Crippen LogP contribution in [0.25, 0.3) is 0 Å². The summed E-state index contributed by atoms with van der Waals surface area (Å²) >= 11 is 0. The van der Waals surface area contributed by atoms with E-state index in [0.717, 1.165) is 12.8 Å². The Kier molecular flexibility index (Phi) is 14.4. The van der Waals surface area contributed by atoms with Crippen LogP contribution >= 0.6 is 0 Å². The Labute approximate surface area is 200 Å². The van der Waals surface area contributed by atoms with Crippen molar-refractivity contribution in [3.63, 3.8) is 0 Å². The Morgan fingerprint density at radius 3 is 1.74 bits per heavy atom. The number of amides is 3. The number of benzene rings is 1. The fourth-order valence-electron chi connectivity index (χ4n) is 2.80. The van der Waals surface area contributed by atoms with Gasteiger partial charge in [-0.1, -0.05) is 29.8 Å². The van der Waals surface area contributed by atoms with E-state index >= 15 is 0 Å². The summed E-state index contributed by atoms with van der Waals surface area (Å²) in [7, 11) is 1.47. The van der Waals surface area contributed by atoms with Crippen LogP contribution in [0.2, 0.25) is 0 Å². The largest absolute Gasteiger partial charge is 0.462 e. The van der Waals surface area contributed by atoms with Gasteiger partial charge < -0.3 is 25.4 Å². The maximum absolute atomic E-state index is 11.9. The summed E-state index contributed by atoms with van der Waals surface area (Å²) in [6.45, 7) is 2.37. The molecule has 0 heterocycles. The molecule has 0 bridgehead atoms. The molecule has 0 saturated carbocycles. The van der Waals surface area contributed by atoms with Crippen molar-refractivity contribution in [1.29, 1.82) is 0 Å². The van der Waals surface area contributed by atoms with E-state index in [1.165, 1.54) is 18.2 Å². The Hall–Kier alpha value is -3.43. The standard InChI is InChI=1S/C24H35N3O7/c1-18-6-8-19(9-7-18)4-3-5-21(29)26-14-15-27-22(30)11-13-24(32)34-17-16-33-23(31)12-10-20(28)25-2/h6-9H,3-5,10-17H2,1-2H3,(H,25,28)(H,26,29)(H,27,30). The normalized spacial score (nSPS) is 10.2. The lowest BCUT2D eigenvalue weighted by atomic mass is 10.1. The molecule has 1 rings (SSSR count). The molecule has 0 spiro atoms. The number of aryl methyl sites for hydroxylation is 2. The van der Waals surface area contributed by atoms with Crippen LogP contribution in [0.5, 0.6) is 0 Å². The molecule has 0 aromatic heterocycles. The first-order valence-corrected chi connectivity index (χ1v) is 11.4. The van der Waals surface area contributed by atoms with Gasteiger partial charge in [-0.3, -0.25) is 24.0 Å². The van der Waals surface area contributed by atoms with Crippen LogP contribution in [0.1, 0.15) is 49.7 Å². The van der Waals surface area contributed by atoms with Gasteiger partial charge in [0.05, 0.1) is 12.8 Å². The van der Waals surface area contributed by atoms with Crippen LogP contribution in [0.15, 0.2) is 24.3 Å². The van der Waals surface area contributed by atoms with E-state index in [2.05, 4.69) is 28.1 Å². The molecular weight excluding hydrogens is 442 g/mol. The molecule has 1 aromatic rings. The lowest BCUT2D eigenvalue weighted by Gasteiger charge is -2.08. The highest BCUT2D eigenvalue weighted by Gasteiger charge is 2.10. The molecule has 0 fully saturated rings. The molecule has 10 nitrogen and oxygen atoms in total. The topological polar surface area (TPSA) is 140 Å². The summed E-state index contributed by atoms with van der Waals surface area (Å²) < 4.78 is 9.73. The highest BCUT2D eigenvalue weighted by atomic mass is 16.6. The molecule has 0 aliphatic rings. The quantitative estimate of drug-likeness (QED) is 0.238. The Morgan fingerprint density at radius 1 is 0.706 bits per heavy atom. The van der Waals surface area contributed by atoms with Crippen LogP contribution in [-0.4, -0.2) is 63.0 Å². The van der Waals surface area contributed by atoms with Crippen molar-refractivity contribution in [1.82, 2.24) is 16.0 Å². The van der Waals surface area contributed by atoms with Gasteiger partial charge in [0, 0.05) is 39.4 Å². The molecule has 188 valence electrons. The lowest BCUT2D eigenvalue weighted by Crippen LogP contribution is -2.34. The summed E-state index contributed by atoms with van der Waals surface area (Å²) in [5.41, 5.74) is 2.40. The van der Waals surface area contributed by atoms with Gasteiger partial charge in [-0.2, -0.15) is 0 Å². The minimum atomic E-state index is -0.585. The van der Waals surface area contributed by atoms with Crippen molar-refractivity contribution in [2.45, 2.75) is 51.9 Å².